The van der Waals surface area contributed by atoms with Gasteiger partial charge in [0.25, 0.3) is 0 Å². The largest absolute Gasteiger partial charge is 0.347 e. The number of aromatic nitrogens is 3. The Morgan fingerprint density at radius 2 is 2.20 bits per heavy atom. The number of hydrogen-bond acceptors (Lipinski definition) is 6. The highest BCUT2D eigenvalue weighted by Crippen LogP contribution is 2.20. The molecule has 2 aromatic rings. The molecule has 132 valence electrons. The van der Waals surface area contributed by atoms with Crippen LogP contribution >= 0.6 is 0 Å². The van der Waals surface area contributed by atoms with Crippen LogP contribution in [0.3, 0.4) is 0 Å². The normalized spacial score (nSPS) is 16.9. The molecule has 3 rings (SSSR count). The third-order valence-corrected chi connectivity index (χ3v) is 4.21. The molecule has 25 heavy (non-hydrogen) atoms. The molecule has 2 amide bonds. The van der Waals surface area contributed by atoms with Crippen LogP contribution in [-0.4, -0.2) is 63.4 Å². The number of pyridine rings is 1. The van der Waals surface area contributed by atoms with E-state index in [1.807, 2.05) is 12.1 Å². The molecule has 0 aliphatic carbocycles. The molecule has 8 heteroatoms. The van der Waals surface area contributed by atoms with Crippen molar-refractivity contribution in [2.45, 2.75) is 31.7 Å². The Balaban J connectivity index is 1.59. The van der Waals surface area contributed by atoms with Gasteiger partial charge >= 0.3 is 0 Å². The highest BCUT2D eigenvalue weighted by Gasteiger charge is 2.34. The summed E-state index contributed by atoms with van der Waals surface area (Å²) in [5.74, 6) is 0.713. The zero-order valence-corrected chi connectivity index (χ0v) is 14.4. The van der Waals surface area contributed by atoms with Gasteiger partial charge in [-0.3, -0.25) is 14.6 Å². The molecule has 0 aromatic carbocycles. The minimum Gasteiger partial charge on any atom is -0.347 e. The van der Waals surface area contributed by atoms with Gasteiger partial charge in [-0.05, 0) is 25.0 Å². The van der Waals surface area contributed by atoms with E-state index in [9.17, 15) is 9.59 Å². The van der Waals surface area contributed by atoms with Crippen LogP contribution in [0.2, 0.25) is 0 Å². The maximum absolute atomic E-state index is 12.5. The zero-order chi connectivity index (χ0) is 17.8. The molecule has 1 saturated heterocycles. The molecule has 1 atom stereocenters. The molecular formula is C17H21N5O3. The van der Waals surface area contributed by atoms with Crippen molar-refractivity contribution in [3.8, 4) is 11.5 Å². The second-order valence-electron chi connectivity index (χ2n) is 6.20. The predicted molar refractivity (Wildman–Crippen MR) is 89.3 cm³/mol. The molecule has 1 unspecified atom stereocenters. The van der Waals surface area contributed by atoms with E-state index < -0.39 is 0 Å². The highest BCUT2D eigenvalue weighted by atomic mass is 16.5. The second-order valence-corrected chi connectivity index (χ2v) is 6.20. The molecule has 0 radical (unpaired) electrons. The molecular weight excluding hydrogens is 322 g/mol. The Kier molecular flexibility index (Phi) is 5.06. The van der Waals surface area contributed by atoms with Crippen LogP contribution in [0.5, 0.6) is 0 Å². The lowest BCUT2D eigenvalue weighted by molar-refractivity contribution is -0.142. The first kappa shape index (κ1) is 17.1. The van der Waals surface area contributed by atoms with Gasteiger partial charge in [0.05, 0.1) is 0 Å². The molecule has 1 fully saturated rings. The van der Waals surface area contributed by atoms with E-state index in [0.717, 1.165) is 6.42 Å². The van der Waals surface area contributed by atoms with Crippen LogP contribution in [0.4, 0.5) is 0 Å². The van der Waals surface area contributed by atoms with E-state index in [2.05, 4.69) is 15.1 Å². The van der Waals surface area contributed by atoms with Gasteiger partial charge in [-0.1, -0.05) is 11.2 Å². The monoisotopic (exact) mass is 343 g/mol. The van der Waals surface area contributed by atoms with Crippen LogP contribution in [0.1, 0.15) is 25.2 Å². The quantitative estimate of drug-likeness (QED) is 0.808. The topological polar surface area (TPSA) is 92.4 Å². The lowest BCUT2D eigenvalue weighted by Gasteiger charge is -2.26. The number of likely N-dealkylation sites (N-methyl/N-ethyl adjacent to an activating group) is 1. The number of aryl methyl sites for hydroxylation is 1. The summed E-state index contributed by atoms with van der Waals surface area (Å²) < 4.78 is 5.20. The van der Waals surface area contributed by atoms with E-state index in [1.165, 1.54) is 4.90 Å². The number of hydrogen-bond donors (Lipinski definition) is 0. The standard InChI is InChI=1S/C17H21N5O3/c1-21(2)17(24)13-7-5-11-22(13)15(23)9-8-14-19-16(20-25-14)12-6-3-4-10-18-12/h3-4,6,10,13H,5,7-9,11H2,1-2H3. The fourth-order valence-corrected chi connectivity index (χ4v) is 2.93. The number of carbonyl (C=O) groups is 2. The molecule has 0 saturated carbocycles. The van der Waals surface area contributed by atoms with Gasteiger partial charge in [0.1, 0.15) is 11.7 Å². The first-order chi connectivity index (χ1) is 12.1. The first-order valence-corrected chi connectivity index (χ1v) is 8.31. The summed E-state index contributed by atoms with van der Waals surface area (Å²) in [5, 5.41) is 3.89. The average Bonchev–Trinajstić information content (AvgIpc) is 3.29. The average molecular weight is 343 g/mol. The van der Waals surface area contributed by atoms with Crippen molar-refractivity contribution in [2.24, 2.45) is 0 Å². The SMILES string of the molecule is CN(C)C(=O)C1CCCN1C(=O)CCc1nc(-c2ccccn2)no1. The number of rotatable bonds is 5. The third kappa shape index (κ3) is 3.84. The molecule has 2 aromatic heterocycles. The molecule has 3 heterocycles. The summed E-state index contributed by atoms with van der Waals surface area (Å²) in [4.78, 5) is 36.3. The molecule has 1 aliphatic heterocycles. The minimum absolute atomic E-state index is 0.0268. The van der Waals surface area contributed by atoms with E-state index in [-0.39, 0.29) is 24.3 Å². The lowest BCUT2D eigenvalue weighted by atomic mass is 10.2. The summed E-state index contributed by atoms with van der Waals surface area (Å²) in [5.41, 5.74) is 0.625. The Bertz CT molecular complexity index is 744. The molecule has 1 aliphatic rings. The summed E-state index contributed by atoms with van der Waals surface area (Å²) in [7, 11) is 3.42. The number of amides is 2. The fraction of sp³-hybridized carbons (Fsp3) is 0.471. The van der Waals surface area contributed by atoms with Crippen molar-refractivity contribution in [3.05, 3.63) is 30.3 Å². The Morgan fingerprint density at radius 3 is 2.92 bits per heavy atom. The van der Waals surface area contributed by atoms with E-state index in [1.54, 1.807) is 31.3 Å². The van der Waals surface area contributed by atoms with Crippen molar-refractivity contribution in [2.75, 3.05) is 20.6 Å². The van der Waals surface area contributed by atoms with Crippen LogP contribution in [-0.2, 0) is 16.0 Å². The van der Waals surface area contributed by atoms with Crippen LogP contribution in [0, 0.1) is 0 Å². The minimum atomic E-state index is -0.353. The maximum atomic E-state index is 12.5. The van der Waals surface area contributed by atoms with Crippen LogP contribution < -0.4 is 0 Å². The van der Waals surface area contributed by atoms with E-state index in [4.69, 9.17) is 4.52 Å². The fourth-order valence-electron chi connectivity index (χ4n) is 2.93. The smallest absolute Gasteiger partial charge is 0.244 e. The molecule has 0 N–H and O–H groups in total. The van der Waals surface area contributed by atoms with Crippen molar-refractivity contribution < 1.29 is 14.1 Å². The highest BCUT2D eigenvalue weighted by molar-refractivity contribution is 5.88. The second kappa shape index (κ2) is 7.42. The van der Waals surface area contributed by atoms with Gasteiger partial charge in [0, 0.05) is 39.7 Å². The summed E-state index contributed by atoms with van der Waals surface area (Å²) in [6, 6.07) is 5.10. The van der Waals surface area contributed by atoms with Crippen LogP contribution in [0.15, 0.2) is 28.9 Å². The molecule has 8 nitrogen and oxygen atoms in total. The van der Waals surface area contributed by atoms with Crippen LogP contribution in [0.25, 0.3) is 11.5 Å². The van der Waals surface area contributed by atoms with Crippen molar-refractivity contribution in [3.63, 3.8) is 0 Å². The lowest BCUT2D eigenvalue weighted by Crippen LogP contribution is -2.45. The number of likely N-dealkylation sites (tertiary alicyclic amines) is 1. The first-order valence-electron chi connectivity index (χ1n) is 8.31. The van der Waals surface area contributed by atoms with Crippen molar-refractivity contribution in [1.29, 1.82) is 0 Å². The van der Waals surface area contributed by atoms with Gasteiger partial charge < -0.3 is 14.3 Å². The summed E-state index contributed by atoms with van der Waals surface area (Å²) in [6.07, 6.45) is 3.80. The van der Waals surface area contributed by atoms with Gasteiger partial charge in [-0.15, -0.1) is 0 Å². The Hall–Kier alpha value is -2.77. The summed E-state index contributed by atoms with van der Waals surface area (Å²) in [6.45, 7) is 0.617. The number of carbonyl (C=O) groups excluding carboxylic acids is 2. The maximum Gasteiger partial charge on any atom is 0.244 e. The van der Waals surface area contributed by atoms with Gasteiger partial charge in [-0.2, -0.15) is 4.98 Å². The molecule has 0 bridgehead atoms. The van der Waals surface area contributed by atoms with E-state index in [0.29, 0.717) is 36.8 Å². The predicted octanol–water partition coefficient (Wildman–Crippen LogP) is 1.14. The van der Waals surface area contributed by atoms with Gasteiger partial charge in [0.15, 0.2) is 0 Å². The van der Waals surface area contributed by atoms with E-state index >= 15 is 0 Å². The summed E-state index contributed by atoms with van der Waals surface area (Å²) >= 11 is 0. The van der Waals surface area contributed by atoms with Gasteiger partial charge in [0.2, 0.25) is 23.5 Å². The Labute approximate surface area is 145 Å². The zero-order valence-electron chi connectivity index (χ0n) is 14.4. The van der Waals surface area contributed by atoms with Crippen molar-refractivity contribution >= 4 is 11.8 Å². The third-order valence-electron chi connectivity index (χ3n) is 4.21. The van der Waals surface area contributed by atoms with Gasteiger partial charge in [-0.25, -0.2) is 0 Å². The Morgan fingerprint density at radius 1 is 1.36 bits per heavy atom. The van der Waals surface area contributed by atoms with Crippen molar-refractivity contribution in [1.82, 2.24) is 24.9 Å². The number of nitrogens with zero attached hydrogens (tertiary/aromatic N) is 5. The molecule has 0 spiro atoms.